The zero-order valence-corrected chi connectivity index (χ0v) is 8.60. The zero-order chi connectivity index (χ0) is 9.84. The van der Waals surface area contributed by atoms with E-state index in [0.717, 1.165) is 0 Å². The number of carbonyl (C=O) groups is 2. The molecule has 1 fully saturated rings. The van der Waals surface area contributed by atoms with Crippen LogP contribution >= 0.6 is 11.8 Å². The van der Waals surface area contributed by atoms with E-state index in [2.05, 4.69) is 0 Å². The summed E-state index contributed by atoms with van der Waals surface area (Å²) in [6.45, 7) is 0.795. The molecule has 1 aliphatic rings. The fraction of sp³-hybridized carbons (Fsp3) is 0.750. The summed E-state index contributed by atoms with van der Waals surface area (Å²) in [4.78, 5) is 24.1. The molecule has 0 saturated carbocycles. The van der Waals surface area contributed by atoms with E-state index in [4.69, 9.17) is 4.74 Å². The molecule has 1 aliphatic heterocycles. The number of rotatable bonds is 4. The highest BCUT2D eigenvalue weighted by atomic mass is 32.2. The van der Waals surface area contributed by atoms with Crippen LogP contribution in [0.2, 0.25) is 0 Å². The van der Waals surface area contributed by atoms with Crippen LogP contribution in [0.4, 0.5) is 0 Å². The van der Waals surface area contributed by atoms with Gasteiger partial charge in [-0.1, -0.05) is 0 Å². The second kappa shape index (κ2) is 4.62. The van der Waals surface area contributed by atoms with Crippen molar-refractivity contribution < 1.29 is 14.3 Å². The van der Waals surface area contributed by atoms with Gasteiger partial charge in [0.2, 0.25) is 11.8 Å². The number of hydrogen-bond donors (Lipinski definition) is 0. The molecule has 1 saturated heterocycles. The van der Waals surface area contributed by atoms with Gasteiger partial charge < -0.3 is 4.74 Å². The lowest BCUT2D eigenvalue weighted by Gasteiger charge is -2.13. The number of nitrogens with zero attached hydrogens (tertiary/aromatic N) is 1. The Morgan fingerprint density at radius 3 is 2.77 bits per heavy atom. The van der Waals surface area contributed by atoms with E-state index < -0.39 is 0 Å². The molecule has 1 unspecified atom stereocenters. The van der Waals surface area contributed by atoms with Gasteiger partial charge in [-0.3, -0.25) is 14.5 Å². The summed E-state index contributed by atoms with van der Waals surface area (Å²) in [7, 11) is 1.55. The Morgan fingerprint density at radius 2 is 2.31 bits per heavy atom. The van der Waals surface area contributed by atoms with E-state index in [1.807, 2.05) is 6.26 Å². The molecule has 1 rings (SSSR count). The van der Waals surface area contributed by atoms with Crippen molar-refractivity contribution in [1.29, 1.82) is 0 Å². The van der Waals surface area contributed by atoms with Crippen molar-refractivity contribution in [3.8, 4) is 0 Å². The molecule has 0 aromatic heterocycles. The minimum Gasteiger partial charge on any atom is -0.383 e. The Bertz CT molecular complexity index is 219. The monoisotopic (exact) mass is 203 g/mol. The summed E-state index contributed by atoms with van der Waals surface area (Å²) in [6.07, 6.45) is 2.18. The van der Waals surface area contributed by atoms with Gasteiger partial charge in [-0.15, -0.1) is 0 Å². The molecule has 0 radical (unpaired) electrons. The molecular formula is C8H13NO3S. The van der Waals surface area contributed by atoms with E-state index in [0.29, 0.717) is 19.6 Å². The number of imide groups is 1. The largest absolute Gasteiger partial charge is 0.383 e. The van der Waals surface area contributed by atoms with Crippen LogP contribution in [-0.4, -0.2) is 48.5 Å². The Hall–Kier alpha value is -0.550. The standard InChI is InChI=1S/C8H13NO3S/c1-12-4-3-9-7(10)5-6(13-2)8(9)11/h6H,3-5H2,1-2H3. The Labute approximate surface area is 81.6 Å². The quantitative estimate of drug-likeness (QED) is 0.609. The smallest absolute Gasteiger partial charge is 0.242 e. The number of carbonyl (C=O) groups excluding carboxylic acids is 2. The van der Waals surface area contributed by atoms with Crippen molar-refractivity contribution in [1.82, 2.24) is 4.90 Å². The molecule has 1 heterocycles. The third-order valence-corrected chi connectivity index (χ3v) is 2.94. The molecule has 0 aromatic carbocycles. The van der Waals surface area contributed by atoms with E-state index in [1.165, 1.54) is 16.7 Å². The van der Waals surface area contributed by atoms with Gasteiger partial charge in [0.15, 0.2) is 0 Å². The van der Waals surface area contributed by atoms with Crippen LogP contribution in [0.5, 0.6) is 0 Å². The third kappa shape index (κ3) is 2.22. The maximum absolute atomic E-state index is 11.5. The molecule has 1 atom stereocenters. The van der Waals surface area contributed by atoms with Gasteiger partial charge in [0.1, 0.15) is 0 Å². The summed E-state index contributed by atoms with van der Waals surface area (Å²) in [5, 5.41) is -0.177. The van der Waals surface area contributed by atoms with Crippen molar-refractivity contribution >= 4 is 23.6 Å². The van der Waals surface area contributed by atoms with Crippen molar-refractivity contribution in [2.75, 3.05) is 26.5 Å². The van der Waals surface area contributed by atoms with Gasteiger partial charge >= 0.3 is 0 Å². The molecule has 0 aromatic rings. The van der Waals surface area contributed by atoms with E-state index >= 15 is 0 Å². The van der Waals surface area contributed by atoms with E-state index in [1.54, 1.807) is 7.11 Å². The van der Waals surface area contributed by atoms with E-state index in [9.17, 15) is 9.59 Å². The maximum atomic E-state index is 11.5. The topological polar surface area (TPSA) is 46.6 Å². The second-order valence-corrected chi connectivity index (χ2v) is 3.85. The van der Waals surface area contributed by atoms with Crippen molar-refractivity contribution in [3.05, 3.63) is 0 Å². The Balaban J connectivity index is 2.54. The molecule has 0 spiro atoms. The zero-order valence-electron chi connectivity index (χ0n) is 7.78. The van der Waals surface area contributed by atoms with Crippen molar-refractivity contribution in [2.45, 2.75) is 11.7 Å². The highest BCUT2D eigenvalue weighted by Gasteiger charge is 2.37. The molecule has 5 heteroatoms. The maximum Gasteiger partial charge on any atom is 0.242 e. The van der Waals surface area contributed by atoms with Crippen LogP contribution in [-0.2, 0) is 14.3 Å². The van der Waals surface area contributed by atoms with Gasteiger partial charge in [-0.2, -0.15) is 11.8 Å². The summed E-state index contributed by atoms with van der Waals surface area (Å²) in [6, 6.07) is 0. The van der Waals surface area contributed by atoms with Gasteiger partial charge in [0, 0.05) is 13.5 Å². The lowest BCUT2D eigenvalue weighted by Crippen LogP contribution is -2.34. The Morgan fingerprint density at radius 1 is 1.62 bits per heavy atom. The molecular weight excluding hydrogens is 190 g/mol. The first kappa shape index (κ1) is 10.5. The summed E-state index contributed by atoms with van der Waals surface area (Å²) >= 11 is 1.43. The number of methoxy groups -OCH3 is 1. The Kier molecular flexibility index (Phi) is 3.74. The average molecular weight is 203 g/mol. The van der Waals surface area contributed by atoms with E-state index in [-0.39, 0.29) is 17.1 Å². The summed E-state index contributed by atoms with van der Waals surface area (Å²) in [5.74, 6) is -0.157. The first-order chi connectivity index (χ1) is 6.20. The predicted molar refractivity (Wildman–Crippen MR) is 50.5 cm³/mol. The minimum atomic E-state index is -0.177. The highest BCUT2D eigenvalue weighted by molar-refractivity contribution is 8.00. The van der Waals surface area contributed by atoms with Crippen molar-refractivity contribution in [2.24, 2.45) is 0 Å². The molecule has 74 valence electrons. The fourth-order valence-corrected chi connectivity index (χ4v) is 1.89. The highest BCUT2D eigenvalue weighted by Crippen LogP contribution is 2.22. The second-order valence-electron chi connectivity index (χ2n) is 2.80. The van der Waals surface area contributed by atoms with Crippen LogP contribution in [0.1, 0.15) is 6.42 Å². The molecule has 0 bridgehead atoms. The molecule has 4 nitrogen and oxygen atoms in total. The number of ether oxygens (including phenoxy) is 1. The third-order valence-electron chi connectivity index (χ3n) is 2.01. The minimum absolute atomic E-state index is 0.0745. The number of hydrogen-bond acceptors (Lipinski definition) is 4. The molecule has 13 heavy (non-hydrogen) atoms. The lowest BCUT2D eigenvalue weighted by atomic mass is 10.4. The normalized spacial score (nSPS) is 22.9. The fourth-order valence-electron chi connectivity index (χ4n) is 1.25. The van der Waals surface area contributed by atoms with Gasteiger partial charge in [0.05, 0.1) is 18.4 Å². The number of likely N-dealkylation sites (tertiary alicyclic amines) is 1. The van der Waals surface area contributed by atoms with Crippen molar-refractivity contribution in [3.63, 3.8) is 0 Å². The molecule has 0 aliphatic carbocycles. The van der Waals surface area contributed by atoms with Crippen LogP contribution in [0.15, 0.2) is 0 Å². The first-order valence-corrected chi connectivity index (χ1v) is 5.35. The van der Waals surface area contributed by atoms with Crippen LogP contribution in [0, 0.1) is 0 Å². The SMILES string of the molecule is COCCN1C(=O)CC(SC)C1=O. The molecule has 2 amide bonds. The van der Waals surface area contributed by atoms with Crippen LogP contribution in [0.25, 0.3) is 0 Å². The van der Waals surface area contributed by atoms with Crippen LogP contribution < -0.4 is 0 Å². The average Bonchev–Trinajstić information content (AvgIpc) is 2.39. The first-order valence-electron chi connectivity index (χ1n) is 4.06. The summed E-state index contributed by atoms with van der Waals surface area (Å²) in [5.41, 5.74) is 0. The number of thioether (sulfide) groups is 1. The predicted octanol–water partition coefficient (Wildman–Crippen LogP) is 0.123. The van der Waals surface area contributed by atoms with Gasteiger partial charge in [0.25, 0.3) is 0 Å². The molecule has 0 N–H and O–H groups in total. The lowest BCUT2D eigenvalue weighted by molar-refractivity contribution is -0.138. The van der Waals surface area contributed by atoms with Gasteiger partial charge in [-0.25, -0.2) is 0 Å². The van der Waals surface area contributed by atoms with Gasteiger partial charge in [-0.05, 0) is 6.26 Å². The summed E-state index contributed by atoms with van der Waals surface area (Å²) < 4.78 is 4.82. The van der Waals surface area contributed by atoms with Crippen LogP contribution in [0.3, 0.4) is 0 Å². The number of amides is 2.